The average molecular weight is 244 g/mol. The van der Waals surface area contributed by atoms with Crippen LogP contribution in [0.1, 0.15) is 20.3 Å². The number of nitrogens with zero attached hydrogens (tertiary/aromatic N) is 1. The Morgan fingerprint density at radius 1 is 1.53 bits per heavy atom. The summed E-state index contributed by atoms with van der Waals surface area (Å²) in [4.78, 5) is 24.2. The molecule has 2 N–H and O–H groups in total. The SMILES string of the molecule is COC1CNC(C(=O)N(CC(=O)O)C(C)C)C1. The zero-order valence-electron chi connectivity index (χ0n) is 10.5. The number of rotatable bonds is 5. The largest absolute Gasteiger partial charge is 0.480 e. The summed E-state index contributed by atoms with van der Waals surface area (Å²) in [6.07, 6.45) is 0.626. The van der Waals surface area contributed by atoms with Crippen LogP contribution in [0.3, 0.4) is 0 Å². The van der Waals surface area contributed by atoms with Crippen LogP contribution >= 0.6 is 0 Å². The molecule has 1 aliphatic rings. The van der Waals surface area contributed by atoms with E-state index in [0.717, 1.165) is 0 Å². The number of methoxy groups -OCH3 is 1. The molecule has 1 fully saturated rings. The van der Waals surface area contributed by atoms with Crippen molar-refractivity contribution in [2.24, 2.45) is 0 Å². The van der Waals surface area contributed by atoms with E-state index in [2.05, 4.69) is 5.32 Å². The number of amides is 1. The summed E-state index contributed by atoms with van der Waals surface area (Å²) in [6, 6.07) is -0.455. The number of hydrogen-bond acceptors (Lipinski definition) is 4. The minimum Gasteiger partial charge on any atom is -0.480 e. The highest BCUT2D eigenvalue weighted by Crippen LogP contribution is 2.13. The predicted molar refractivity (Wildman–Crippen MR) is 61.7 cm³/mol. The molecule has 2 atom stereocenters. The minimum atomic E-state index is -0.992. The van der Waals surface area contributed by atoms with Gasteiger partial charge in [0.1, 0.15) is 6.54 Å². The van der Waals surface area contributed by atoms with Gasteiger partial charge < -0.3 is 20.1 Å². The Bertz CT molecular complexity index is 293. The average Bonchev–Trinajstić information content (AvgIpc) is 2.72. The zero-order valence-corrected chi connectivity index (χ0v) is 10.5. The van der Waals surface area contributed by atoms with E-state index in [9.17, 15) is 9.59 Å². The lowest BCUT2D eigenvalue weighted by molar-refractivity contribution is -0.146. The van der Waals surface area contributed by atoms with Gasteiger partial charge in [0.2, 0.25) is 5.91 Å². The molecule has 2 unspecified atom stereocenters. The van der Waals surface area contributed by atoms with Gasteiger partial charge in [0, 0.05) is 19.7 Å². The summed E-state index contributed by atoms with van der Waals surface area (Å²) in [6.45, 7) is 3.99. The highest BCUT2D eigenvalue weighted by atomic mass is 16.5. The van der Waals surface area contributed by atoms with Crippen molar-refractivity contribution < 1.29 is 19.4 Å². The van der Waals surface area contributed by atoms with Crippen molar-refractivity contribution in [2.75, 3.05) is 20.2 Å². The molecule has 1 rings (SSSR count). The van der Waals surface area contributed by atoms with Gasteiger partial charge in [0.15, 0.2) is 0 Å². The van der Waals surface area contributed by atoms with E-state index in [1.54, 1.807) is 7.11 Å². The zero-order chi connectivity index (χ0) is 13.0. The molecule has 0 saturated carbocycles. The predicted octanol–water partition coefficient (Wildman–Crippen LogP) is -0.315. The first-order valence-corrected chi connectivity index (χ1v) is 5.74. The molecule has 0 aromatic heterocycles. The molecule has 1 heterocycles. The maximum absolute atomic E-state index is 12.1. The molecular formula is C11H20N2O4. The van der Waals surface area contributed by atoms with Crippen LogP contribution in [0, 0.1) is 0 Å². The van der Waals surface area contributed by atoms with Crippen LogP contribution in [-0.2, 0) is 14.3 Å². The number of carbonyl (C=O) groups is 2. The lowest BCUT2D eigenvalue weighted by Crippen LogP contribution is -2.48. The van der Waals surface area contributed by atoms with Gasteiger partial charge in [-0.15, -0.1) is 0 Å². The third-order valence-electron chi connectivity index (χ3n) is 2.93. The molecule has 6 nitrogen and oxygen atoms in total. The molecular weight excluding hydrogens is 224 g/mol. The standard InChI is InChI=1S/C11H20N2O4/c1-7(2)13(6-10(14)15)11(16)9-4-8(17-3)5-12-9/h7-9,12H,4-6H2,1-3H3,(H,14,15). The maximum Gasteiger partial charge on any atom is 0.323 e. The number of carbonyl (C=O) groups excluding carboxylic acids is 1. The van der Waals surface area contributed by atoms with Gasteiger partial charge in [-0.3, -0.25) is 9.59 Å². The van der Waals surface area contributed by atoms with Crippen LogP contribution in [0.2, 0.25) is 0 Å². The number of nitrogens with one attached hydrogen (secondary N) is 1. The molecule has 6 heteroatoms. The van der Waals surface area contributed by atoms with E-state index >= 15 is 0 Å². The van der Waals surface area contributed by atoms with Gasteiger partial charge in [0.05, 0.1) is 12.1 Å². The molecule has 0 spiro atoms. The van der Waals surface area contributed by atoms with Crippen LogP contribution in [0.15, 0.2) is 0 Å². The topological polar surface area (TPSA) is 78.9 Å². The van der Waals surface area contributed by atoms with Crippen LogP contribution < -0.4 is 5.32 Å². The molecule has 17 heavy (non-hydrogen) atoms. The van der Waals surface area contributed by atoms with E-state index < -0.39 is 5.97 Å². The maximum atomic E-state index is 12.1. The van der Waals surface area contributed by atoms with E-state index in [-0.39, 0.29) is 30.6 Å². The summed E-state index contributed by atoms with van der Waals surface area (Å²) in [5.74, 6) is -1.16. The highest BCUT2D eigenvalue weighted by Gasteiger charge is 2.33. The van der Waals surface area contributed by atoms with Gasteiger partial charge in [0.25, 0.3) is 0 Å². The lowest BCUT2D eigenvalue weighted by Gasteiger charge is -2.27. The van der Waals surface area contributed by atoms with Crippen molar-refractivity contribution in [1.82, 2.24) is 10.2 Å². The second-order valence-electron chi connectivity index (χ2n) is 4.51. The summed E-state index contributed by atoms with van der Waals surface area (Å²) in [5.41, 5.74) is 0. The molecule has 0 aliphatic carbocycles. The van der Waals surface area contributed by atoms with Crippen molar-refractivity contribution in [1.29, 1.82) is 0 Å². The fourth-order valence-electron chi connectivity index (χ4n) is 1.93. The number of carboxylic acid groups (broad SMARTS) is 1. The number of aliphatic carboxylic acids is 1. The molecule has 1 amide bonds. The third kappa shape index (κ3) is 3.67. The van der Waals surface area contributed by atoms with Gasteiger partial charge in [-0.1, -0.05) is 0 Å². The van der Waals surface area contributed by atoms with Crippen LogP contribution in [0.25, 0.3) is 0 Å². The minimum absolute atomic E-state index is 0.0304. The third-order valence-corrected chi connectivity index (χ3v) is 2.93. The van der Waals surface area contributed by atoms with Crippen LogP contribution in [-0.4, -0.2) is 60.3 Å². The van der Waals surface area contributed by atoms with Crippen molar-refractivity contribution in [3.8, 4) is 0 Å². The van der Waals surface area contributed by atoms with Gasteiger partial charge >= 0.3 is 5.97 Å². The molecule has 0 aromatic carbocycles. The van der Waals surface area contributed by atoms with E-state index in [1.165, 1.54) is 4.90 Å². The van der Waals surface area contributed by atoms with Gasteiger partial charge in [-0.25, -0.2) is 0 Å². The van der Waals surface area contributed by atoms with E-state index in [4.69, 9.17) is 9.84 Å². The normalized spacial score (nSPS) is 24.0. The van der Waals surface area contributed by atoms with E-state index in [0.29, 0.717) is 13.0 Å². The fourth-order valence-corrected chi connectivity index (χ4v) is 1.93. The second kappa shape index (κ2) is 5.97. The van der Waals surface area contributed by atoms with Crippen LogP contribution in [0.5, 0.6) is 0 Å². The molecule has 0 bridgehead atoms. The molecule has 0 aromatic rings. The Morgan fingerprint density at radius 2 is 2.18 bits per heavy atom. The summed E-state index contributed by atoms with van der Waals surface area (Å²) in [7, 11) is 1.61. The molecule has 1 aliphatic heterocycles. The quantitative estimate of drug-likeness (QED) is 0.693. The molecule has 98 valence electrons. The Morgan fingerprint density at radius 3 is 2.59 bits per heavy atom. The van der Waals surface area contributed by atoms with Crippen molar-refractivity contribution in [3.63, 3.8) is 0 Å². The first kappa shape index (κ1) is 13.9. The van der Waals surface area contributed by atoms with Crippen molar-refractivity contribution in [3.05, 3.63) is 0 Å². The molecule has 0 radical (unpaired) electrons. The van der Waals surface area contributed by atoms with Crippen molar-refractivity contribution in [2.45, 2.75) is 38.5 Å². The Labute approximate surface area is 101 Å². The lowest BCUT2D eigenvalue weighted by atomic mass is 10.1. The Kier molecular flexibility index (Phi) is 4.89. The smallest absolute Gasteiger partial charge is 0.323 e. The Balaban J connectivity index is 2.62. The monoisotopic (exact) mass is 244 g/mol. The highest BCUT2D eigenvalue weighted by molar-refractivity contribution is 5.86. The summed E-state index contributed by atoms with van der Waals surface area (Å²) >= 11 is 0. The summed E-state index contributed by atoms with van der Waals surface area (Å²) in [5, 5.41) is 11.8. The second-order valence-corrected chi connectivity index (χ2v) is 4.51. The Hall–Kier alpha value is -1.14. The number of hydrogen-bond donors (Lipinski definition) is 2. The van der Waals surface area contributed by atoms with E-state index in [1.807, 2.05) is 13.8 Å². The number of carboxylic acids is 1. The van der Waals surface area contributed by atoms with Gasteiger partial charge in [-0.2, -0.15) is 0 Å². The fraction of sp³-hybridized carbons (Fsp3) is 0.818. The van der Waals surface area contributed by atoms with Crippen LogP contribution in [0.4, 0.5) is 0 Å². The number of ether oxygens (including phenoxy) is 1. The summed E-state index contributed by atoms with van der Waals surface area (Å²) < 4.78 is 5.16. The van der Waals surface area contributed by atoms with Gasteiger partial charge in [-0.05, 0) is 20.3 Å². The first-order chi connectivity index (χ1) is 7.95. The first-order valence-electron chi connectivity index (χ1n) is 5.74. The van der Waals surface area contributed by atoms with Crippen molar-refractivity contribution >= 4 is 11.9 Å². The molecule has 1 saturated heterocycles.